The van der Waals surface area contributed by atoms with Crippen LogP contribution in [-0.4, -0.2) is 20.2 Å². The molecule has 1 atom stereocenters. The maximum Gasteiger partial charge on any atom is 0.176 e. The Balaban J connectivity index is 2.28. The maximum atomic E-state index is 13.8. The Morgan fingerprint density at radius 2 is 2.11 bits per heavy atom. The molecule has 1 aromatic heterocycles. The molecule has 0 fully saturated rings. The average Bonchev–Trinajstić information content (AvgIpc) is 2.70. The first-order valence-electron chi connectivity index (χ1n) is 5.42. The molecular formula is C11H13F2N5. The minimum Gasteiger partial charge on any atom is -0.323 e. The van der Waals surface area contributed by atoms with Crippen molar-refractivity contribution in [1.29, 1.82) is 0 Å². The Hall–Kier alpha value is -1.89. The first kappa shape index (κ1) is 12.6. The molecule has 0 bridgehead atoms. The molecule has 5 nitrogen and oxygen atoms in total. The number of benzene rings is 1. The average molecular weight is 253 g/mol. The molecule has 0 aliphatic heterocycles. The number of hydrogen-bond donors (Lipinski definition) is 1. The van der Waals surface area contributed by atoms with Gasteiger partial charge in [-0.25, -0.2) is 8.78 Å². The summed E-state index contributed by atoms with van der Waals surface area (Å²) in [6.07, 6.45) is 0.130. The van der Waals surface area contributed by atoms with Crippen molar-refractivity contribution in [2.75, 3.05) is 0 Å². The van der Waals surface area contributed by atoms with Gasteiger partial charge in [0, 0.05) is 18.0 Å². The SMILES string of the molecule is Cc1ccc(F)c(C(N)Cc2nnn(C)n2)c1F. The van der Waals surface area contributed by atoms with Gasteiger partial charge in [0.25, 0.3) is 0 Å². The third-order valence-electron chi connectivity index (χ3n) is 2.64. The van der Waals surface area contributed by atoms with Gasteiger partial charge in [-0.1, -0.05) is 6.07 Å². The van der Waals surface area contributed by atoms with Gasteiger partial charge in [-0.3, -0.25) is 0 Å². The molecule has 2 N–H and O–H groups in total. The van der Waals surface area contributed by atoms with Gasteiger partial charge in [0.05, 0.1) is 7.05 Å². The monoisotopic (exact) mass is 253 g/mol. The molecule has 0 spiro atoms. The topological polar surface area (TPSA) is 69.6 Å². The van der Waals surface area contributed by atoms with Crippen LogP contribution in [0.4, 0.5) is 8.78 Å². The summed E-state index contributed by atoms with van der Waals surface area (Å²) in [6, 6.07) is 1.74. The van der Waals surface area contributed by atoms with Crippen molar-refractivity contribution in [1.82, 2.24) is 20.2 Å². The molecule has 0 aliphatic rings. The summed E-state index contributed by atoms with van der Waals surface area (Å²) in [5.74, 6) is -0.925. The summed E-state index contributed by atoms with van der Waals surface area (Å²) in [5, 5.41) is 11.3. The fraction of sp³-hybridized carbons (Fsp3) is 0.364. The molecule has 18 heavy (non-hydrogen) atoms. The highest BCUT2D eigenvalue weighted by atomic mass is 19.1. The highest BCUT2D eigenvalue weighted by Gasteiger charge is 2.20. The van der Waals surface area contributed by atoms with E-state index in [0.717, 1.165) is 0 Å². The predicted molar refractivity (Wildman–Crippen MR) is 60.5 cm³/mol. The Labute approximate surface area is 103 Å². The molecule has 0 aliphatic carbocycles. The van der Waals surface area contributed by atoms with Gasteiger partial charge in [0.1, 0.15) is 11.6 Å². The number of halogens is 2. The standard InChI is InChI=1S/C11H13F2N5/c1-6-3-4-7(12)10(11(6)13)8(14)5-9-15-17-18(2)16-9/h3-4,8H,5,14H2,1-2H3. The molecule has 0 saturated heterocycles. The van der Waals surface area contributed by atoms with Crippen LogP contribution in [0, 0.1) is 18.6 Å². The highest BCUT2D eigenvalue weighted by Crippen LogP contribution is 2.23. The van der Waals surface area contributed by atoms with E-state index in [1.54, 1.807) is 14.0 Å². The van der Waals surface area contributed by atoms with Gasteiger partial charge < -0.3 is 5.73 Å². The molecule has 96 valence electrons. The van der Waals surface area contributed by atoms with Crippen LogP contribution in [0.5, 0.6) is 0 Å². The lowest BCUT2D eigenvalue weighted by molar-refractivity contribution is 0.515. The molecular weight excluding hydrogens is 240 g/mol. The van der Waals surface area contributed by atoms with E-state index in [9.17, 15) is 8.78 Å². The van der Waals surface area contributed by atoms with Crippen molar-refractivity contribution in [2.24, 2.45) is 12.8 Å². The summed E-state index contributed by atoms with van der Waals surface area (Å²) in [5.41, 5.74) is 6.03. The summed E-state index contributed by atoms with van der Waals surface area (Å²) in [6.45, 7) is 1.56. The Kier molecular flexibility index (Phi) is 3.33. The first-order chi connectivity index (χ1) is 8.49. The molecule has 0 amide bonds. The van der Waals surface area contributed by atoms with E-state index in [0.29, 0.717) is 11.4 Å². The molecule has 1 unspecified atom stereocenters. The van der Waals surface area contributed by atoms with Crippen LogP contribution < -0.4 is 5.73 Å². The zero-order valence-corrected chi connectivity index (χ0v) is 10.1. The van der Waals surface area contributed by atoms with E-state index < -0.39 is 17.7 Å². The van der Waals surface area contributed by atoms with Gasteiger partial charge in [0.2, 0.25) is 0 Å². The van der Waals surface area contributed by atoms with Gasteiger partial charge in [0.15, 0.2) is 5.82 Å². The van der Waals surface area contributed by atoms with Crippen molar-refractivity contribution in [3.05, 3.63) is 40.7 Å². The summed E-state index contributed by atoms with van der Waals surface area (Å²) < 4.78 is 27.4. The van der Waals surface area contributed by atoms with Crippen LogP contribution in [0.25, 0.3) is 0 Å². The second kappa shape index (κ2) is 4.77. The zero-order chi connectivity index (χ0) is 13.3. The molecule has 2 rings (SSSR count). The Bertz CT molecular complexity index is 567. The minimum absolute atomic E-state index is 0.130. The number of hydrogen-bond acceptors (Lipinski definition) is 4. The maximum absolute atomic E-state index is 13.8. The minimum atomic E-state index is -0.839. The van der Waals surface area contributed by atoms with Crippen LogP contribution >= 0.6 is 0 Å². The lowest BCUT2D eigenvalue weighted by Crippen LogP contribution is -2.18. The predicted octanol–water partition coefficient (Wildman–Crippen LogP) is 1.04. The van der Waals surface area contributed by atoms with E-state index in [1.807, 2.05) is 0 Å². The lowest BCUT2D eigenvalue weighted by atomic mass is 10.0. The quantitative estimate of drug-likeness (QED) is 0.887. The zero-order valence-electron chi connectivity index (χ0n) is 10.1. The van der Waals surface area contributed by atoms with Crippen molar-refractivity contribution in [3.63, 3.8) is 0 Å². The normalized spacial score (nSPS) is 12.7. The Morgan fingerprint density at radius 3 is 2.72 bits per heavy atom. The molecule has 7 heteroatoms. The van der Waals surface area contributed by atoms with Crippen LogP contribution in [0.3, 0.4) is 0 Å². The summed E-state index contributed by atoms with van der Waals surface area (Å²) in [4.78, 5) is 1.27. The third-order valence-corrected chi connectivity index (χ3v) is 2.64. The lowest BCUT2D eigenvalue weighted by Gasteiger charge is -2.13. The van der Waals surface area contributed by atoms with Gasteiger partial charge in [-0.2, -0.15) is 4.80 Å². The first-order valence-corrected chi connectivity index (χ1v) is 5.42. The fourth-order valence-corrected chi connectivity index (χ4v) is 1.72. The molecule has 0 saturated carbocycles. The number of aromatic nitrogens is 4. The molecule has 0 radical (unpaired) electrons. The van der Waals surface area contributed by atoms with Gasteiger partial charge in [-0.05, 0) is 23.8 Å². The number of nitrogens with zero attached hydrogens (tertiary/aromatic N) is 4. The van der Waals surface area contributed by atoms with E-state index in [1.165, 1.54) is 16.9 Å². The Morgan fingerprint density at radius 1 is 1.39 bits per heavy atom. The number of nitrogens with two attached hydrogens (primary N) is 1. The van der Waals surface area contributed by atoms with Crippen molar-refractivity contribution in [2.45, 2.75) is 19.4 Å². The van der Waals surface area contributed by atoms with Gasteiger partial charge >= 0.3 is 0 Å². The van der Waals surface area contributed by atoms with E-state index in [-0.39, 0.29) is 12.0 Å². The van der Waals surface area contributed by atoms with Crippen LogP contribution in [0.15, 0.2) is 12.1 Å². The smallest absolute Gasteiger partial charge is 0.176 e. The van der Waals surface area contributed by atoms with E-state index >= 15 is 0 Å². The number of tetrazole rings is 1. The molecule has 2 aromatic rings. The highest BCUT2D eigenvalue weighted by molar-refractivity contribution is 5.29. The van der Waals surface area contributed by atoms with E-state index in [2.05, 4.69) is 15.4 Å². The van der Waals surface area contributed by atoms with Crippen molar-refractivity contribution < 1.29 is 8.78 Å². The number of rotatable bonds is 3. The fourth-order valence-electron chi connectivity index (χ4n) is 1.72. The van der Waals surface area contributed by atoms with Gasteiger partial charge in [-0.15, -0.1) is 10.2 Å². The number of aryl methyl sites for hydroxylation is 2. The molecule has 1 heterocycles. The largest absolute Gasteiger partial charge is 0.323 e. The van der Waals surface area contributed by atoms with Crippen LogP contribution in [0.2, 0.25) is 0 Å². The summed E-state index contributed by atoms with van der Waals surface area (Å²) in [7, 11) is 1.61. The second-order valence-corrected chi connectivity index (χ2v) is 4.10. The second-order valence-electron chi connectivity index (χ2n) is 4.10. The van der Waals surface area contributed by atoms with Crippen LogP contribution in [0.1, 0.15) is 23.0 Å². The van der Waals surface area contributed by atoms with Crippen molar-refractivity contribution in [3.8, 4) is 0 Å². The van der Waals surface area contributed by atoms with E-state index in [4.69, 9.17) is 5.73 Å². The summed E-state index contributed by atoms with van der Waals surface area (Å²) >= 11 is 0. The molecule has 1 aromatic carbocycles. The third kappa shape index (κ3) is 2.35. The van der Waals surface area contributed by atoms with Crippen LogP contribution in [-0.2, 0) is 13.5 Å². The van der Waals surface area contributed by atoms with Crippen molar-refractivity contribution >= 4 is 0 Å².